The number of rotatable bonds is 5. The number of carbonyl (C=O) groups excluding carboxylic acids is 1. The second-order valence-electron chi connectivity index (χ2n) is 4.78. The molecule has 0 aliphatic carbocycles. The highest BCUT2D eigenvalue weighted by Gasteiger charge is 2.27. The summed E-state index contributed by atoms with van der Waals surface area (Å²) >= 11 is 0. The Morgan fingerprint density at radius 2 is 1.67 bits per heavy atom. The van der Waals surface area contributed by atoms with Crippen molar-refractivity contribution >= 4 is 5.91 Å². The number of carbonyl (C=O) groups is 1. The summed E-state index contributed by atoms with van der Waals surface area (Å²) in [5.74, 6) is -0.132. The molecule has 100 valence electrons. The van der Waals surface area contributed by atoms with Gasteiger partial charge in [-0.1, -0.05) is 26.0 Å². The number of amides is 1. The molecule has 0 fully saturated rings. The van der Waals surface area contributed by atoms with Crippen molar-refractivity contribution in [1.82, 2.24) is 4.90 Å². The molecule has 1 unspecified atom stereocenters. The van der Waals surface area contributed by atoms with Gasteiger partial charge in [0.25, 0.3) is 0 Å². The molecule has 1 aromatic carbocycles. The van der Waals surface area contributed by atoms with Gasteiger partial charge in [0, 0.05) is 13.1 Å². The van der Waals surface area contributed by atoms with Gasteiger partial charge in [-0.15, -0.1) is 0 Å². The number of likely N-dealkylation sites (N-methyl/N-ethyl adjacent to an activating group) is 1. The molecule has 1 atom stereocenters. The first-order valence-corrected chi connectivity index (χ1v) is 6.55. The van der Waals surface area contributed by atoms with Gasteiger partial charge in [0.1, 0.15) is 5.82 Å². The molecule has 0 N–H and O–H groups in total. The maximum Gasteiger partial charge on any atom is 0.230 e. The van der Waals surface area contributed by atoms with E-state index >= 15 is 0 Å². The molecule has 18 heavy (non-hydrogen) atoms. The first-order chi connectivity index (χ1) is 8.51. The van der Waals surface area contributed by atoms with Crippen molar-refractivity contribution in [3.63, 3.8) is 0 Å². The quantitative estimate of drug-likeness (QED) is 0.785. The molecule has 2 nitrogen and oxygen atoms in total. The summed E-state index contributed by atoms with van der Waals surface area (Å²) in [4.78, 5) is 14.3. The summed E-state index contributed by atoms with van der Waals surface area (Å²) in [5.41, 5.74) is 0.892. The molecule has 0 aliphatic heterocycles. The largest absolute Gasteiger partial charge is 0.343 e. The fraction of sp³-hybridized carbons (Fsp3) is 0.533. The number of nitrogens with zero attached hydrogens (tertiary/aromatic N) is 1. The molecule has 1 amide bonds. The second-order valence-corrected chi connectivity index (χ2v) is 4.78. The van der Waals surface area contributed by atoms with Crippen LogP contribution < -0.4 is 0 Å². The lowest BCUT2D eigenvalue weighted by molar-refractivity contribution is -0.133. The van der Waals surface area contributed by atoms with Crippen LogP contribution >= 0.6 is 0 Å². The first-order valence-electron chi connectivity index (χ1n) is 6.55. The van der Waals surface area contributed by atoms with E-state index < -0.39 is 0 Å². The Morgan fingerprint density at radius 1 is 1.17 bits per heavy atom. The molecule has 0 saturated carbocycles. The van der Waals surface area contributed by atoms with E-state index in [9.17, 15) is 9.18 Å². The SMILES string of the molecule is CCN(CC)C(=O)C(c1ccc(F)cc1)C(C)C. The normalized spacial score (nSPS) is 12.6. The summed E-state index contributed by atoms with van der Waals surface area (Å²) in [6.45, 7) is 9.41. The lowest BCUT2D eigenvalue weighted by Gasteiger charge is -2.27. The minimum absolute atomic E-state index is 0.126. The minimum atomic E-state index is -0.267. The molecular formula is C15H22FNO. The van der Waals surface area contributed by atoms with Crippen LogP contribution in [-0.4, -0.2) is 23.9 Å². The van der Waals surface area contributed by atoms with Gasteiger partial charge in [-0.25, -0.2) is 4.39 Å². The van der Waals surface area contributed by atoms with Gasteiger partial charge in [-0.05, 0) is 37.5 Å². The Hall–Kier alpha value is -1.38. The van der Waals surface area contributed by atoms with Crippen LogP contribution in [-0.2, 0) is 4.79 Å². The Bertz CT molecular complexity index is 382. The molecular weight excluding hydrogens is 229 g/mol. The highest BCUT2D eigenvalue weighted by Crippen LogP contribution is 2.26. The molecule has 0 saturated heterocycles. The first kappa shape index (κ1) is 14.7. The highest BCUT2D eigenvalue weighted by atomic mass is 19.1. The maximum atomic E-state index is 12.9. The fourth-order valence-electron chi connectivity index (χ4n) is 2.21. The highest BCUT2D eigenvalue weighted by molar-refractivity contribution is 5.84. The molecule has 0 bridgehead atoms. The van der Waals surface area contributed by atoms with Crippen LogP contribution in [0.15, 0.2) is 24.3 Å². The fourth-order valence-corrected chi connectivity index (χ4v) is 2.21. The predicted octanol–water partition coefficient (Wildman–Crippen LogP) is 3.43. The third-order valence-corrected chi connectivity index (χ3v) is 3.24. The Kier molecular flexibility index (Phi) is 5.32. The van der Waals surface area contributed by atoms with Crippen LogP contribution in [0.3, 0.4) is 0 Å². The van der Waals surface area contributed by atoms with Crippen LogP contribution in [0.1, 0.15) is 39.2 Å². The Labute approximate surface area is 109 Å². The Balaban J connectivity index is 3.02. The third kappa shape index (κ3) is 3.31. The van der Waals surface area contributed by atoms with Gasteiger partial charge in [0.05, 0.1) is 5.92 Å². The van der Waals surface area contributed by atoms with Gasteiger partial charge in [-0.3, -0.25) is 4.79 Å². The van der Waals surface area contributed by atoms with E-state index in [0.717, 1.165) is 5.56 Å². The van der Waals surface area contributed by atoms with E-state index in [2.05, 4.69) is 0 Å². The van der Waals surface area contributed by atoms with E-state index in [1.165, 1.54) is 12.1 Å². The van der Waals surface area contributed by atoms with E-state index in [0.29, 0.717) is 13.1 Å². The lowest BCUT2D eigenvalue weighted by atomic mass is 9.87. The van der Waals surface area contributed by atoms with Crippen molar-refractivity contribution < 1.29 is 9.18 Å². The van der Waals surface area contributed by atoms with Gasteiger partial charge in [0.15, 0.2) is 0 Å². The molecule has 0 aliphatic rings. The number of hydrogen-bond donors (Lipinski definition) is 0. The summed E-state index contributed by atoms with van der Waals surface area (Å²) in [7, 11) is 0. The monoisotopic (exact) mass is 251 g/mol. The van der Waals surface area contributed by atoms with Crippen LogP contribution in [0.2, 0.25) is 0 Å². The standard InChI is InChI=1S/C15H22FNO/c1-5-17(6-2)15(18)14(11(3)4)12-7-9-13(16)10-8-12/h7-11,14H,5-6H2,1-4H3. The van der Waals surface area contributed by atoms with Crippen molar-refractivity contribution in [3.8, 4) is 0 Å². The van der Waals surface area contributed by atoms with Crippen molar-refractivity contribution in [2.45, 2.75) is 33.6 Å². The number of hydrogen-bond acceptors (Lipinski definition) is 1. The topological polar surface area (TPSA) is 20.3 Å². The Morgan fingerprint density at radius 3 is 2.06 bits per heavy atom. The zero-order chi connectivity index (χ0) is 13.7. The molecule has 0 spiro atoms. The van der Waals surface area contributed by atoms with Crippen LogP contribution in [0, 0.1) is 11.7 Å². The summed E-state index contributed by atoms with van der Waals surface area (Å²) in [6, 6.07) is 6.25. The molecule has 0 aromatic heterocycles. The zero-order valence-corrected chi connectivity index (χ0v) is 11.6. The van der Waals surface area contributed by atoms with Crippen LogP contribution in [0.4, 0.5) is 4.39 Å². The maximum absolute atomic E-state index is 12.9. The third-order valence-electron chi connectivity index (χ3n) is 3.24. The molecule has 3 heteroatoms. The van der Waals surface area contributed by atoms with Gasteiger partial charge >= 0.3 is 0 Å². The molecule has 0 heterocycles. The van der Waals surface area contributed by atoms with Crippen LogP contribution in [0.25, 0.3) is 0 Å². The molecule has 1 rings (SSSR count). The summed E-state index contributed by atoms with van der Waals surface area (Å²) in [5, 5.41) is 0. The van der Waals surface area contributed by atoms with Crippen molar-refractivity contribution in [2.75, 3.05) is 13.1 Å². The average molecular weight is 251 g/mol. The molecule has 0 radical (unpaired) electrons. The lowest BCUT2D eigenvalue weighted by Crippen LogP contribution is -2.36. The smallest absolute Gasteiger partial charge is 0.230 e. The number of benzene rings is 1. The van der Waals surface area contributed by atoms with Crippen molar-refractivity contribution in [2.24, 2.45) is 5.92 Å². The number of halogens is 1. The van der Waals surface area contributed by atoms with Crippen LogP contribution in [0.5, 0.6) is 0 Å². The van der Waals surface area contributed by atoms with E-state index in [4.69, 9.17) is 0 Å². The predicted molar refractivity (Wildman–Crippen MR) is 71.9 cm³/mol. The van der Waals surface area contributed by atoms with Gasteiger partial charge in [0.2, 0.25) is 5.91 Å². The minimum Gasteiger partial charge on any atom is -0.343 e. The molecule has 1 aromatic rings. The summed E-state index contributed by atoms with van der Waals surface area (Å²) < 4.78 is 12.9. The second kappa shape index (κ2) is 6.53. The van der Waals surface area contributed by atoms with E-state index in [1.54, 1.807) is 12.1 Å². The average Bonchev–Trinajstić information content (AvgIpc) is 2.33. The van der Waals surface area contributed by atoms with E-state index in [1.807, 2.05) is 32.6 Å². The van der Waals surface area contributed by atoms with Crippen molar-refractivity contribution in [3.05, 3.63) is 35.6 Å². The summed E-state index contributed by atoms with van der Waals surface area (Å²) in [6.07, 6.45) is 0. The van der Waals surface area contributed by atoms with E-state index in [-0.39, 0.29) is 23.6 Å². The zero-order valence-electron chi connectivity index (χ0n) is 11.6. The van der Waals surface area contributed by atoms with Gasteiger partial charge < -0.3 is 4.90 Å². The van der Waals surface area contributed by atoms with Crippen molar-refractivity contribution in [1.29, 1.82) is 0 Å². The van der Waals surface area contributed by atoms with Gasteiger partial charge in [-0.2, -0.15) is 0 Å².